The highest BCUT2D eigenvalue weighted by molar-refractivity contribution is 6.04. The van der Waals surface area contributed by atoms with E-state index in [0.717, 1.165) is 18.4 Å². The van der Waals surface area contributed by atoms with Crippen LogP contribution in [0, 0.1) is 6.92 Å². The molecule has 0 bridgehead atoms. The van der Waals surface area contributed by atoms with E-state index in [2.05, 4.69) is 6.92 Å². The van der Waals surface area contributed by atoms with E-state index in [0.29, 0.717) is 23.5 Å². The first kappa shape index (κ1) is 16.3. The molecule has 1 aromatic carbocycles. The summed E-state index contributed by atoms with van der Waals surface area (Å²) in [5.74, 6) is 0.131. The topological polar surface area (TPSA) is 55.8 Å². The van der Waals surface area contributed by atoms with Gasteiger partial charge in [-0.1, -0.05) is 13.3 Å². The summed E-state index contributed by atoms with van der Waals surface area (Å²) < 4.78 is 10.7. The maximum absolute atomic E-state index is 12.6. The van der Waals surface area contributed by atoms with Gasteiger partial charge in [-0.05, 0) is 44.9 Å². The predicted molar refractivity (Wildman–Crippen MR) is 84.5 cm³/mol. The van der Waals surface area contributed by atoms with Crippen LogP contribution in [0.5, 0.6) is 5.75 Å². The van der Waals surface area contributed by atoms with Crippen molar-refractivity contribution in [1.82, 2.24) is 0 Å². The van der Waals surface area contributed by atoms with Gasteiger partial charge in [0.2, 0.25) is 0 Å². The SMILES string of the molecule is CCCCN1C(=O)C(C)(C)Oc2cc(C)c(C(=O)OC)cc21. The minimum Gasteiger partial charge on any atom is -0.476 e. The predicted octanol–water partition coefficient (Wildman–Crippen LogP) is 3.09. The van der Waals surface area contributed by atoms with Crippen LogP contribution in [0.2, 0.25) is 0 Å². The minimum atomic E-state index is -0.903. The third kappa shape index (κ3) is 2.80. The number of benzene rings is 1. The summed E-state index contributed by atoms with van der Waals surface area (Å²) in [5, 5.41) is 0. The van der Waals surface area contributed by atoms with Crippen LogP contribution < -0.4 is 9.64 Å². The Morgan fingerprint density at radius 2 is 2.05 bits per heavy atom. The smallest absolute Gasteiger partial charge is 0.338 e. The van der Waals surface area contributed by atoms with Crippen LogP contribution >= 0.6 is 0 Å². The Labute approximate surface area is 131 Å². The number of amides is 1. The molecular formula is C17H23NO4. The van der Waals surface area contributed by atoms with Gasteiger partial charge in [-0.3, -0.25) is 4.79 Å². The normalized spacial score (nSPS) is 16.0. The second-order valence-corrected chi connectivity index (χ2v) is 6.05. The van der Waals surface area contributed by atoms with E-state index in [1.807, 2.05) is 6.92 Å². The zero-order valence-electron chi connectivity index (χ0n) is 13.9. The van der Waals surface area contributed by atoms with E-state index in [-0.39, 0.29) is 5.91 Å². The number of nitrogens with zero attached hydrogens (tertiary/aromatic N) is 1. The number of ether oxygens (including phenoxy) is 2. The number of rotatable bonds is 4. The monoisotopic (exact) mass is 305 g/mol. The largest absolute Gasteiger partial charge is 0.476 e. The quantitative estimate of drug-likeness (QED) is 0.802. The summed E-state index contributed by atoms with van der Waals surface area (Å²) in [6, 6.07) is 3.49. The number of aryl methyl sites for hydroxylation is 1. The van der Waals surface area contributed by atoms with Crippen LogP contribution in [-0.2, 0) is 9.53 Å². The molecular weight excluding hydrogens is 282 g/mol. The highest BCUT2D eigenvalue weighted by atomic mass is 16.5. The zero-order chi connectivity index (χ0) is 16.5. The molecule has 1 aromatic rings. The molecule has 22 heavy (non-hydrogen) atoms. The Hall–Kier alpha value is -2.04. The van der Waals surface area contributed by atoms with Crippen LogP contribution in [0.15, 0.2) is 12.1 Å². The summed E-state index contributed by atoms with van der Waals surface area (Å²) in [5.41, 5.74) is 0.966. The number of unbranched alkanes of at least 4 members (excludes halogenated alkanes) is 1. The van der Waals surface area contributed by atoms with Gasteiger partial charge >= 0.3 is 5.97 Å². The molecule has 0 fully saturated rings. The molecule has 5 nitrogen and oxygen atoms in total. The van der Waals surface area contributed by atoms with Gasteiger partial charge in [0.1, 0.15) is 5.75 Å². The molecule has 0 N–H and O–H groups in total. The van der Waals surface area contributed by atoms with Crippen molar-refractivity contribution in [2.45, 2.75) is 46.1 Å². The lowest BCUT2D eigenvalue weighted by atomic mass is 10.00. The molecule has 0 unspecified atom stereocenters. The van der Waals surface area contributed by atoms with E-state index in [1.165, 1.54) is 7.11 Å². The maximum atomic E-state index is 12.6. The van der Waals surface area contributed by atoms with Gasteiger partial charge in [0.15, 0.2) is 5.60 Å². The van der Waals surface area contributed by atoms with Crippen molar-refractivity contribution in [3.05, 3.63) is 23.3 Å². The summed E-state index contributed by atoms with van der Waals surface area (Å²) in [6.07, 6.45) is 1.87. The average Bonchev–Trinajstić information content (AvgIpc) is 2.46. The summed E-state index contributed by atoms with van der Waals surface area (Å²) >= 11 is 0. The molecule has 0 saturated heterocycles. The number of methoxy groups -OCH3 is 1. The lowest BCUT2D eigenvalue weighted by Gasteiger charge is -2.39. The highest BCUT2D eigenvalue weighted by Crippen LogP contribution is 2.40. The Balaban J connectivity index is 2.54. The number of carbonyl (C=O) groups excluding carboxylic acids is 2. The fraction of sp³-hybridized carbons (Fsp3) is 0.529. The molecule has 5 heteroatoms. The lowest BCUT2D eigenvalue weighted by molar-refractivity contribution is -0.132. The van der Waals surface area contributed by atoms with Crippen molar-refractivity contribution in [3.63, 3.8) is 0 Å². The number of esters is 1. The summed E-state index contributed by atoms with van der Waals surface area (Å²) in [7, 11) is 1.35. The molecule has 0 aliphatic carbocycles. The molecule has 120 valence electrons. The first-order valence-corrected chi connectivity index (χ1v) is 7.55. The van der Waals surface area contributed by atoms with Crippen molar-refractivity contribution in [2.24, 2.45) is 0 Å². The van der Waals surface area contributed by atoms with E-state index < -0.39 is 11.6 Å². The third-order valence-electron chi connectivity index (χ3n) is 3.86. The van der Waals surface area contributed by atoms with E-state index in [1.54, 1.807) is 30.9 Å². The molecule has 0 radical (unpaired) electrons. The van der Waals surface area contributed by atoms with Crippen LogP contribution in [0.4, 0.5) is 5.69 Å². The van der Waals surface area contributed by atoms with Gasteiger partial charge in [0, 0.05) is 6.54 Å². The third-order valence-corrected chi connectivity index (χ3v) is 3.86. The molecule has 1 amide bonds. The molecule has 0 saturated carbocycles. The number of carbonyl (C=O) groups is 2. The Kier molecular flexibility index (Phi) is 4.44. The van der Waals surface area contributed by atoms with Gasteiger partial charge in [-0.2, -0.15) is 0 Å². The first-order chi connectivity index (χ1) is 10.3. The van der Waals surface area contributed by atoms with Crippen LogP contribution in [0.3, 0.4) is 0 Å². The van der Waals surface area contributed by atoms with E-state index >= 15 is 0 Å². The summed E-state index contributed by atoms with van der Waals surface area (Å²) in [4.78, 5) is 26.2. The fourth-order valence-corrected chi connectivity index (χ4v) is 2.58. The molecule has 1 aliphatic heterocycles. The Morgan fingerprint density at radius 1 is 1.36 bits per heavy atom. The van der Waals surface area contributed by atoms with Crippen LogP contribution in [0.25, 0.3) is 0 Å². The average molecular weight is 305 g/mol. The van der Waals surface area contributed by atoms with Crippen LogP contribution in [0.1, 0.15) is 49.5 Å². The van der Waals surface area contributed by atoms with Gasteiger partial charge in [-0.15, -0.1) is 0 Å². The van der Waals surface area contributed by atoms with Crippen molar-refractivity contribution < 1.29 is 19.1 Å². The standard InChI is InChI=1S/C17H23NO4/c1-6-7-8-18-13-10-12(15(19)21-5)11(2)9-14(13)22-17(3,4)16(18)20/h9-10H,6-8H2,1-5H3. The van der Waals surface area contributed by atoms with Gasteiger partial charge in [-0.25, -0.2) is 4.79 Å². The van der Waals surface area contributed by atoms with Crippen LogP contribution in [-0.4, -0.2) is 31.1 Å². The van der Waals surface area contributed by atoms with Crippen molar-refractivity contribution >= 4 is 17.6 Å². The molecule has 0 spiro atoms. The Morgan fingerprint density at radius 3 is 2.64 bits per heavy atom. The number of fused-ring (bicyclic) bond motifs is 1. The zero-order valence-corrected chi connectivity index (χ0v) is 13.9. The second kappa shape index (κ2) is 5.99. The lowest BCUT2D eigenvalue weighted by Crippen LogP contribution is -2.52. The maximum Gasteiger partial charge on any atom is 0.338 e. The number of anilines is 1. The second-order valence-electron chi connectivity index (χ2n) is 6.05. The fourth-order valence-electron chi connectivity index (χ4n) is 2.58. The van der Waals surface area contributed by atoms with Crippen molar-refractivity contribution in [1.29, 1.82) is 0 Å². The molecule has 1 aliphatic rings. The van der Waals surface area contributed by atoms with Gasteiger partial charge in [0.25, 0.3) is 5.91 Å². The van der Waals surface area contributed by atoms with Crippen molar-refractivity contribution in [2.75, 3.05) is 18.6 Å². The molecule has 1 heterocycles. The van der Waals surface area contributed by atoms with Crippen molar-refractivity contribution in [3.8, 4) is 5.75 Å². The minimum absolute atomic E-state index is 0.0897. The molecule has 2 rings (SSSR count). The Bertz CT molecular complexity index is 607. The van der Waals surface area contributed by atoms with E-state index in [4.69, 9.17) is 9.47 Å². The highest BCUT2D eigenvalue weighted by Gasteiger charge is 2.41. The molecule has 0 atom stereocenters. The van der Waals surface area contributed by atoms with Gasteiger partial charge in [0.05, 0.1) is 18.4 Å². The number of hydrogen-bond donors (Lipinski definition) is 0. The summed E-state index contributed by atoms with van der Waals surface area (Å²) in [6.45, 7) is 8.04. The first-order valence-electron chi connectivity index (χ1n) is 7.55. The van der Waals surface area contributed by atoms with Gasteiger partial charge < -0.3 is 14.4 Å². The number of hydrogen-bond acceptors (Lipinski definition) is 4. The van der Waals surface area contributed by atoms with E-state index in [9.17, 15) is 9.59 Å². The molecule has 0 aromatic heterocycles.